The molecule has 1 amide bonds. The number of carboxylic acid groups (broad SMARTS) is 1. The Hall–Kier alpha value is -1.45. The molecule has 1 unspecified atom stereocenters. The molecule has 9 heteroatoms. The van der Waals surface area contributed by atoms with Gasteiger partial charge >= 0.3 is 5.97 Å². The zero-order valence-corrected chi connectivity index (χ0v) is 12.1. The van der Waals surface area contributed by atoms with E-state index in [1.54, 1.807) is 0 Å². The molecule has 2 heterocycles. The quantitative estimate of drug-likeness (QED) is 0.829. The summed E-state index contributed by atoms with van der Waals surface area (Å²) in [7, 11) is -3.91. The fourth-order valence-electron chi connectivity index (χ4n) is 2.19. The Morgan fingerprint density at radius 2 is 2.15 bits per heavy atom. The molecule has 1 aromatic heterocycles. The number of nitrogens with zero attached hydrogens (tertiary/aromatic N) is 1. The van der Waals surface area contributed by atoms with Crippen LogP contribution < -0.4 is 5.73 Å². The highest BCUT2D eigenvalue weighted by Gasteiger charge is 2.35. The number of hydrogen-bond acceptors (Lipinski definition) is 5. The third-order valence-electron chi connectivity index (χ3n) is 3.23. The van der Waals surface area contributed by atoms with Crippen molar-refractivity contribution < 1.29 is 23.1 Å². The lowest BCUT2D eigenvalue weighted by atomic mass is 9.99. The summed E-state index contributed by atoms with van der Waals surface area (Å²) in [6.45, 7) is 0.271. The van der Waals surface area contributed by atoms with Crippen molar-refractivity contribution in [1.29, 1.82) is 0 Å². The topological polar surface area (TPSA) is 118 Å². The molecule has 0 aromatic carbocycles. The van der Waals surface area contributed by atoms with Crippen molar-refractivity contribution in [2.75, 3.05) is 13.1 Å². The molecule has 7 nitrogen and oxygen atoms in total. The minimum atomic E-state index is -3.91. The number of primary amides is 1. The van der Waals surface area contributed by atoms with Crippen molar-refractivity contribution in [3.63, 3.8) is 0 Å². The van der Waals surface area contributed by atoms with Crippen LogP contribution in [-0.4, -0.2) is 42.8 Å². The Kier molecular flexibility index (Phi) is 4.11. The van der Waals surface area contributed by atoms with Crippen molar-refractivity contribution in [3.05, 3.63) is 16.3 Å². The maximum absolute atomic E-state index is 12.5. The van der Waals surface area contributed by atoms with Gasteiger partial charge in [0, 0.05) is 13.1 Å². The first-order valence-electron chi connectivity index (χ1n) is 5.94. The van der Waals surface area contributed by atoms with Gasteiger partial charge in [0.1, 0.15) is 9.77 Å². The van der Waals surface area contributed by atoms with Gasteiger partial charge in [-0.25, -0.2) is 13.2 Å². The van der Waals surface area contributed by atoms with Crippen molar-refractivity contribution in [1.82, 2.24) is 4.31 Å². The lowest BCUT2D eigenvalue weighted by Crippen LogP contribution is -2.44. The minimum absolute atomic E-state index is 0.00652. The Labute approximate surface area is 120 Å². The van der Waals surface area contributed by atoms with E-state index in [1.807, 2.05) is 0 Å². The third kappa shape index (κ3) is 2.69. The fraction of sp³-hybridized carbons (Fsp3) is 0.455. The maximum atomic E-state index is 12.5. The average molecular weight is 318 g/mol. The standard InChI is InChI=1S/C11H14N2O5S2/c12-10(14)7-2-1-4-13(6-7)20(17,18)8-3-5-19-9(8)11(15)16/h3,5,7H,1-2,4,6H2,(H2,12,14)(H,15,16). The maximum Gasteiger partial charge on any atom is 0.347 e. The minimum Gasteiger partial charge on any atom is -0.477 e. The van der Waals surface area contributed by atoms with E-state index in [4.69, 9.17) is 10.8 Å². The van der Waals surface area contributed by atoms with Gasteiger partial charge in [-0.05, 0) is 24.3 Å². The smallest absolute Gasteiger partial charge is 0.347 e. The Morgan fingerprint density at radius 3 is 2.75 bits per heavy atom. The molecule has 2 rings (SSSR count). The molecular formula is C11H14N2O5S2. The van der Waals surface area contributed by atoms with E-state index in [1.165, 1.54) is 11.4 Å². The van der Waals surface area contributed by atoms with Gasteiger partial charge in [-0.1, -0.05) is 0 Å². The van der Waals surface area contributed by atoms with E-state index in [9.17, 15) is 18.0 Å². The molecule has 0 bridgehead atoms. The van der Waals surface area contributed by atoms with Gasteiger partial charge in [0.2, 0.25) is 15.9 Å². The second kappa shape index (κ2) is 5.51. The summed E-state index contributed by atoms with van der Waals surface area (Å²) in [5, 5.41) is 10.4. The molecule has 1 saturated heterocycles. The zero-order valence-electron chi connectivity index (χ0n) is 10.5. The number of carbonyl (C=O) groups is 2. The van der Waals surface area contributed by atoms with Gasteiger partial charge in [0.05, 0.1) is 5.92 Å². The van der Waals surface area contributed by atoms with E-state index in [0.29, 0.717) is 12.8 Å². The summed E-state index contributed by atoms with van der Waals surface area (Å²) >= 11 is 0.859. The third-order valence-corrected chi connectivity index (χ3v) is 6.17. The molecule has 1 fully saturated rings. The van der Waals surface area contributed by atoms with Crippen LogP contribution in [0.4, 0.5) is 0 Å². The van der Waals surface area contributed by atoms with Crippen LogP contribution in [0.3, 0.4) is 0 Å². The molecule has 110 valence electrons. The highest BCUT2D eigenvalue weighted by Crippen LogP contribution is 2.28. The zero-order chi connectivity index (χ0) is 14.9. The van der Waals surface area contributed by atoms with Crippen LogP contribution in [0.25, 0.3) is 0 Å². The predicted molar refractivity (Wildman–Crippen MR) is 72.0 cm³/mol. The molecule has 0 spiro atoms. The molecule has 1 atom stereocenters. The Bertz CT molecular complexity index is 637. The number of rotatable bonds is 4. The number of carbonyl (C=O) groups excluding carboxylic acids is 1. The average Bonchev–Trinajstić information content (AvgIpc) is 2.89. The molecule has 0 radical (unpaired) electrons. The number of nitrogens with two attached hydrogens (primary N) is 1. The van der Waals surface area contributed by atoms with Gasteiger partial charge in [-0.15, -0.1) is 11.3 Å². The number of amides is 1. The second-order valence-electron chi connectivity index (χ2n) is 4.52. The SMILES string of the molecule is NC(=O)C1CCCN(S(=O)(=O)c2ccsc2C(=O)O)C1. The first kappa shape index (κ1) is 14.9. The number of sulfonamides is 1. The summed E-state index contributed by atoms with van der Waals surface area (Å²) in [5.41, 5.74) is 5.22. The van der Waals surface area contributed by atoms with E-state index in [-0.39, 0.29) is 22.9 Å². The van der Waals surface area contributed by atoms with Crippen molar-refractivity contribution >= 4 is 33.2 Å². The Morgan fingerprint density at radius 1 is 1.45 bits per heavy atom. The molecule has 0 aliphatic carbocycles. The summed E-state index contributed by atoms with van der Waals surface area (Å²) < 4.78 is 26.1. The predicted octanol–water partition coefficient (Wildman–Crippen LogP) is 0.332. The largest absolute Gasteiger partial charge is 0.477 e. The molecule has 1 aliphatic rings. The molecule has 0 saturated carbocycles. The van der Waals surface area contributed by atoms with Crippen LogP contribution >= 0.6 is 11.3 Å². The highest BCUT2D eigenvalue weighted by molar-refractivity contribution is 7.89. The summed E-state index contributed by atoms with van der Waals surface area (Å²) in [4.78, 5) is 21.8. The Balaban J connectivity index is 2.32. The van der Waals surface area contributed by atoms with Crippen LogP contribution in [0, 0.1) is 5.92 Å². The van der Waals surface area contributed by atoms with E-state index < -0.39 is 27.8 Å². The number of piperidine rings is 1. The first-order chi connectivity index (χ1) is 9.34. The normalized spacial score (nSPS) is 20.7. The fourth-order valence-corrected chi connectivity index (χ4v) is 4.95. The number of thiophene rings is 1. The van der Waals surface area contributed by atoms with E-state index >= 15 is 0 Å². The van der Waals surface area contributed by atoms with Gasteiger partial charge in [0.25, 0.3) is 0 Å². The summed E-state index contributed by atoms with van der Waals surface area (Å²) in [6, 6.07) is 1.28. The van der Waals surface area contributed by atoms with E-state index in [2.05, 4.69) is 0 Å². The van der Waals surface area contributed by atoms with Crippen LogP contribution in [-0.2, 0) is 14.8 Å². The van der Waals surface area contributed by atoms with Crippen molar-refractivity contribution in [2.24, 2.45) is 11.7 Å². The summed E-state index contributed by atoms with van der Waals surface area (Å²) in [6.07, 6.45) is 1.08. The molecule has 1 aliphatic heterocycles. The number of carboxylic acids is 1. The van der Waals surface area contributed by atoms with Crippen molar-refractivity contribution in [2.45, 2.75) is 17.7 Å². The molecule has 1 aromatic rings. The van der Waals surface area contributed by atoms with Crippen LogP contribution in [0.2, 0.25) is 0 Å². The van der Waals surface area contributed by atoms with E-state index in [0.717, 1.165) is 15.6 Å². The number of aromatic carboxylic acids is 1. The molecular weight excluding hydrogens is 304 g/mol. The van der Waals surface area contributed by atoms with Gasteiger partial charge in [0.15, 0.2) is 0 Å². The second-order valence-corrected chi connectivity index (χ2v) is 7.35. The summed E-state index contributed by atoms with van der Waals surface area (Å²) in [5.74, 6) is -2.33. The van der Waals surface area contributed by atoms with Gasteiger partial charge < -0.3 is 10.8 Å². The highest BCUT2D eigenvalue weighted by atomic mass is 32.2. The lowest BCUT2D eigenvalue weighted by Gasteiger charge is -2.30. The number of hydrogen-bond donors (Lipinski definition) is 2. The first-order valence-corrected chi connectivity index (χ1v) is 8.26. The van der Waals surface area contributed by atoms with Gasteiger partial charge in [-0.3, -0.25) is 4.79 Å². The lowest BCUT2D eigenvalue weighted by molar-refractivity contribution is -0.122. The monoisotopic (exact) mass is 318 g/mol. The molecule has 3 N–H and O–H groups in total. The van der Waals surface area contributed by atoms with Crippen molar-refractivity contribution in [3.8, 4) is 0 Å². The van der Waals surface area contributed by atoms with Crippen LogP contribution in [0.5, 0.6) is 0 Å². The van der Waals surface area contributed by atoms with Crippen LogP contribution in [0.1, 0.15) is 22.5 Å². The van der Waals surface area contributed by atoms with Crippen LogP contribution in [0.15, 0.2) is 16.3 Å². The molecule has 20 heavy (non-hydrogen) atoms. The van der Waals surface area contributed by atoms with Gasteiger partial charge in [-0.2, -0.15) is 4.31 Å².